The van der Waals surface area contributed by atoms with E-state index in [-0.39, 0.29) is 5.41 Å². The monoisotopic (exact) mass is 274 g/mol. The third-order valence-corrected chi connectivity index (χ3v) is 4.74. The number of likely N-dealkylation sites (tertiary alicyclic amines) is 1. The van der Waals surface area contributed by atoms with E-state index in [1.807, 2.05) is 6.07 Å². The van der Waals surface area contributed by atoms with Crippen molar-refractivity contribution in [1.82, 2.24) is 9.47 Å². The van der Waals surface area contributed by atoms with Crippen LogP contribution in [0.25, 0.3) is 0 Å². The SMILES string of the molecule is CC1(C)CC(=O)c2ccn(CCCN3CCCC3)c2C1. The quantitative estimate of drug-likeness (QED) is 0.843. The molecule has 0 unspecified atom stereocenters. The van der Waals surface area contributed by atoms with Crippen LogP contribution in [0.15, 0.2) is 12.3 Å². The molecular formula is C17H26N2O. The number of aryl methyl sites for hydroxylation is 1. The van der Waals surface area contributed by atoms with Crippen LogP contribution in [0, 0.1) is 5.41 Å². The van der Waals surface area contributed by atoms with E-state index in [0.29, 0.717) is 12.2 Å². The third kappa shape index (κ3) is 2.83. The van der Waals surface area contributed by atoms with Gasteiger partial charge in [0.2, 0.25) is 0 Å². The molecule has 1 aromatic heterocycles. The number of Topliss-reactive ketones (excluding diaryl/α,β-unsaturated/α-hetero) is 1. The lowest BCUT2D eigenvalue weighted by Gasteiger charge is -2.29. The number of carbonyl (C=O) groups excluding carboxylic acids is 1. The molecule has 0 bridgehead atoms. The summed E-state index contributed by atoms with van der Waals surface area (Å²) in [5.41, 5.74) is 2.37. The average molecular weight is 274 g/mol. The van der Waals surface area contributed by atoms with Gasteiger partial charge >= 0.3 is 0 Å². The Hall–Kier alpha value is -1.09. The van der Waals surface area contributed by atoms with Crippen molar-refractivity contribution in [2.75, 3.05) is 19.6 Å². The van der Waals surface area contributed by atoms with Crippen LogP contribution in [0.5, 0.6) is 0 Å². The van der Waals surface area contributed by atoms with Crippen LogP contribution in [0.3, 0.4) is 0 Å². The summed E-state index contributed by atoms with van der Waals surface area (Å²) in [6, 6.07) is 2.03. The number of aromatic nitrogens is 1. The molecule has 110 valence electrons. The van der Waals surface area contributed by atoms with Crippen molar-refractivity contribution in [2.24, 2.45) is 5.41 Å². The fraction of sp³-hybridized carbons (Fsp3) is 0.706. The third-order valence-electron chi connectivity index (χ3n) is 4.74. The number of rotatable bonds is 4. The van der Waals surface area contributed by atoms with Crippen molar-refractivity contribution in [3.8, 4) is 0 Å². The van der Waals surface area contributed by atoms with Gasteiger partial charge in [0.15, 0.2) is 5.78 Å². The van der Waals surface area contributed by atoms with E-state index in [0.717, 1.165) is 18.5 Å². The Labute approximate surface area is 122 Å². The molecule has 1 aromatic rings. The van der Waals surface area contributed by atoms with Crippen molar-refractivity contribution in [2.45, 2.75) is 52.5 Å². The number of fused-ring (bicyclic) bond motifs is 1. The summed E-state index contributed by atoms with van der Waals surface area (Å²) in [6.07, 6.45) is 7.76. The summed E-state index contributed by atoms with van der Waals surface area (Å²) >= 11 is 0. The van der Waals surface area contributed by atoms with Crippen LogP contribution in [0.2, 0.25) is 0 Å². The van der Waals surface area contributed by atoms with E-state index in [1.165, 1.54) is 44.6 Å². The van der Waals surface area contributed by atoms with Gasteiger partial charge in [-0.15, -0.1) is 0 Å². The highest BCUT2D eigenvalue weighted by Gasteiger charge is 2.32. The molecule has 3 rings (SSSR count). The van der Waals surface area contributed by atoms with E-state index in [1.54, 1.807) is 0 Å². The number of hydrogen-bond acceptors (Lipinski definition) is 2. The topological polar surface area (TPSA) is 25.2 Å². The Morgan fingerprint density at radius 3 is 2.65 bits per heavy atom. The minimum Gasteiger partial charge on any atom is -0.351 e. The predicted molar refractivity (Wildman–Crippen MR) is 81.2 cm³/mol. The molecule has 3 nitrogen and oxygen atoms in total. The number of hydrogen-bond donors (Lipinski definition) is 0. The Kier molecular flexibility index (Phi) is 3.72. The lowest BCUT2D eigenvalue weighted by molar-refractivity contribution is 0.0910. The maximum absolute atomic E-state index is 12.2. The number of carbonyl (C=O) groups is 1. The Bertz CT molecular complexity index is 495. The molecule has 1 aliphatic heterocycles. The minimum atomic E-state index is 0.120. The second-order valence-corrected chi connectivity index (χ2v) is 7.21. The summed E-state index contributed by atoms with van der Waals surface area (Å²) in [7, 11) is 0. The molecular weight excluding hydrogens is 248 g/mol. The molecule has 2 aliphatic rings. The lowest BCUT2D eigenvalue weighted by Crippen LogP contribution is -2.28. The summed E-state index contributed by atoms with van der Waals surface area (Å²) in [4.78, 5) is 14.7. The minimum absolute atomic E-state index is 0.120. The van der Waals surface area contributed by atoms with Crippen LogP contribution in [0.1, 0.15) is 55.6 Å². The molecule has 0 amide bonds. The first-order valence-corrected chi connectivity index (χ1v) is 7.99. The van der Waals surface area contributed by atoms with Crippen LogP contribution in [0.4, 0.5) is 0 Å². The maximum Gasteiger partial charge on any atom is 0.165 e. The Morgan fingerprint density at radius 1 is 1.15 bits per heavy atom. The van der Waals surface area contributed by atoms with Crippen molar-refractivity contribution < 1.29 is 4.79 Å². The highest BCUT2D eigenvalue weighted by atomic mass is 16.1. The fourth-order valence-electron chi connectivity index (χ4n) is 3.68. The Balaban J connectivity index is 1.64. The van der Waals surface area contributed by atoms with Crippen molar-refractivity contribution in [3.63, 3.8) is 0 Å². The lowest BCUT2D eigenvalue weighted by atomic mass is 9.76. The van der Waals surface area contributed by atoms with Crippen LogP contribution >= 0.6 is 0 Å². The van der Waals surface area contributed by atoms with Crippen LogP contribution in [-0.2, 0) is 13.0 Å². The molecule has 3 heteroatoms. The van der Waals surface area contributed by atoms with Gasteiger partial charge in [-0.05, 0) is 56.8 Å². The summed E-state index contributed by atoms with van der Waals surface area (Å²) in [6.45, 7) is 9.20. The molecule has 1 fully saturated rings. The normalized spacial score (nSPS) is 22.2. The van der Waals surface area contributed by atoms with E-state index < -0.39 is 0 Å². The molecule has 0 aromatic carbocycles. The van der Waals surface area contributed by atoms with Crippen LogP contribution < -0.4 is 0 Å². The molecule has 20 heavy (non-hydrogen) atoms. The highest BCUT2D eigenvalue weighted by molar-refractivity contribution is 5.98. The second kappa shape index (κ2) is 5.36. The fourth-order valence-corrected chi connectivity index (χ4v) is 3.68. The van der Waals surface area contributed by atoms with Gasteiger partial charge in [0.25, 0.3) is 0 Å². The first-order valence-electron chi connectivity index (χ1n) is 7.99. The smallest absolute Gasteiger partial charge is 0.165 e. The summed E-state index contributed by atoms with van der Waals surface area (Å²) < 4.78 is 2.32. The molecule has 0 N–H and O–H groups in total. The van der Waals surface area contributed by atoms with Gasteiger partial charge in [-0.25, -0.2) is 0 Å². The Morgan fingerprint density at radius 2 is 1.90 bits per heavy atom. The van der Waals surface area contributed by atoms with Gasteiger partial charge in [-0.2, -0.15) is 0 Å². The molecule has 2 heterocycles. The second-order valence-electron chi connectivity index (χ2n) is 7.21. The first kappa shape index (κ1) is 13.9. The van der Waals surface area contributed by atoms with Crippen LogP contribution in [-0.4, -0.2) is 34.9 Å². The van der Waals surface area contributed by atoms with Gasteiger partial charge in [0.05, 0.1) is 0 Å². The first-order chi connectivity index (χ1) is 9.55. The standard InChI is InChI=1S/C17H26N2O/c1-17(2)12-15-14(16(20)13-17)6-11-19(15)10-5-9-18-7-3-4-8-18/h6,11H,3-5,7-10,12-13H2,1-2H3. The van der Waals surface area contributed by atoms with E-state index in [9.17, 15) is 4.79 Å². The zero-order valence-corrected chi connectivity index (χ0v) is 12.8. The van der Waals surface area contributed by atoms with Gasteiger partial charge in [-0.1, -0.05) is 13.8 Å². The van der Waals surface area contributed by atoms with Crippen molar-refractivity contribution in [1.29, 1.82) is 0 Å². The van der Waals surface area contributed by atoms with Gasteiger partial charge in [0.1, 0.15) is 0 Å². The zero-order chi connectivity index (χ0) is 14.2. The molecule has 1 aliphatic carbocycles. The van der Waals surface area contributed by atoms with Crippen molar-refractivity contribution >= 4 is 5.78 Å². The number of nitrogens with zero attached hydrogens (tertiary/aromatic N) is 2. The van der Waals surface area contributed by atoms with Gasteiger partial charge < -0.3 is 9.47 Å². The van der Waals surface area contributed by atoms with Gasteiger partial charge in [0, 0.05) is 30.4 Å². The van der Waals surface area contributed by atoms with E-state index in [4.69, 9.17) is 0 Å². The maximum atomic E-state index is 12.2. The van der Waals surface area contributed by atoms with E-state index >= 15 is 0 Å². The molecule has 0 saturated carbocycles. The highest BCUT2D eigenvalue weighted by Crippen LogP contribution is 2.35. The summed E-state index contributed by atoms with van der Waals surface area (Å²) in [5.74, 6) is 0.328. The molecule has 0 atom stereocenters. The number of ketones is 1. The average Bonchev–Trinajstić information content (AvgIpc) is 2.98. The van der Waals surface area contributed by atoms with Crippen molar-refractivity contribution in [3.05, 3.63) is 23.5 Å². The largest absolute Gasteiger partial charge is 0.351 e. The molecule has 0 spiro atoms. The van der Waals surface area contributed by atoms with Gasteiger partial charge in [-0.3, -0.25) is 4.79 Å². The predicted octanol–water partition coefficient (Wildman–Crippen LogP) is 3.13. The zero-order valence-electron chi connectivity index (χ0n) is 12.8. The summed E-state index contributed by atoms with van der Waals surface area (Å²) in [5, 5.41) is 0. The molecule has 1 saturated heterocycles. The molecule has 0 radical (unpaired) electrons. The van der Waals surface area contributed by atoms with E-state index in [2.05, 4.69) is 29.5 Å².